The molecule has 1 amide bonds. The fourth-order valence-corrected chi connectivity index (χ4v) is 2.81. The normalized spacial score (nSPS) is 20.9. The Morgan fingerprint density at radius 1 is 1.33 bits per heavy atom. The number of nitrogens with one attached hydrogen (secondary N) is 1. The molecule has 3 rings (SSSR count). The van der Waals surface area contributed by atoms with Crippen molar-refractivity contribution < 1.29 is 14.3 Å². The van der Waals surface area contributed by atoms with Gasteiger partial charge in [-0.2, -0.15) is 0 Å². The van der Waals surface area contributed by atoms with Crippen LogP contribution in [0.1, 0.15) is 18.4 Å². The molecule has 1 spiro atoms. The van der Waals surface area contributed by atoms with Gasteiger partial charge in [-0.3, -0.25) is 9.78 Å². The summed E-state index contributed by atoms with van der Waals surface area (Å²) in [5.41, 5.74) is 1.08. The predicted octanol–water partition coefficient (Wildman–Crippen LogP) is 0.537. The fraction of sp³-hybridized carbons (Fsp3) is 0.600. The molecule has 21 heavy (non-hydrogen) atoms. The maximum atomic E-state index is 12.2. The van der Waals surface area contributed by atoms with Crippen LogP contribution in [0.5, 0.6) is 0 Å². The van der Waals surface area contributed by atoms with E-state index >= 15 is 0 Å². The van der Waals surface area contributed by atoms with Gasteiger partial charge in [0.1, 0.15) is 0 Å². The van der Waals surface area contributed by atoms with Crippen molar-refractivity contribution in [2.24, 2.45) is 0 Å². The van der Waals surface area contributed by atoms with Crippen LogP contribution in [-0.4, -0.2) is 54.4 Å². The summed E-state index contributed by atoms with van der Waals surface area (Å²) in [6.07, 6.45) is 5.07. The first-order chi connectivity index (χ1) is 10.3. The quantitative estimate of drug-likeness (QED) is 0.877. The van der Waals surface area contributed by atoms with E-state index in [0.29, 0.717) is 39.4 Å². The van der Waals surface area contributed by atoms with E-state index in [4.69, 9.17) is 9.47 Å². The van der Waals surface area contributed by atoms with E-state index in [0.717, 1.165) is 18.4 Å². The van der Waals surface area contributed by atoms with E-state index in [-0.39, 0.29) is 5.91 Å². The van der Waals surface area contributed by atoms with Crippen LogP contribution in [-0.2, 0) is 20.8 Å². The number of amides is 1. The van der Waals surface area contributed by atoms with Crippen LogP contribution in [0.2, 0.25) is 0 Å². The minimum absolute atomic E-state index is 0.131. The maximum absolute atomic E-state index is 12.2. The number of hydrogen-bond donors (Lipinski definition) is 1. The second-order valence-electron chi connectivity index (χ2n) is 5.45. The van der Waals surface area contributed by atoms with Crippen molar-refractivity contribution in [2.45, 2.75) is 25.2 Å². The molecule has 0 aliphatic carbocycles. The smallest absolute Gasteiger partial charge is 0.236 e. The van der Waals surface area contributed by atoms with Gasteiger partial charge in [0.05, 0.1) is 19.8 Å². The summed E-state index contributed by atoms with van der Waals surface area (Å²) < 4.78 is 11.3. The van der Waals surface area contributed by atoms with Crippen LogP contribution >= 0.6 is 0 Å². The molecule has 0 saturated carbocycles. The monoisotopic (exact) mass is 291 g/mol. The van der Waals surface area contributed by atoms with E-state index in [1.807, 2.05) is 17.0 Å². The summed E-state index contributed by atoms with van der Waals surface area (Å²) in [4.78, 5) is 18.1. The van der Waals surface area contributed by atoms with Gasteiger partial charge in [-0.05, 0) is 11.6 Å². The molecule has 0 radical (unpaired) electrons. The molecule has 0 aromatic carbocycles. The van der Waals surface area contributed by atoms with Gasteiger partial charge in [0, 0.05) is 44.9 Å². The lowest BCUT2D eigenvalue weighted by Crippen LogP contribution is -2.49. The third-order valence-electron chi connectivity index (χ3n) is 4.02. The van der Waals surface area contributed by atoms with Crippen LogP contribution in [0, 0.1) is 0 Å². The lowest BCUT2D eigenvalue weighted by atomic mass is 10.0. The van der Waals surface area contributed by atoms with Gasteiger partial charge in [-0.25, -0.2) is 0 Å². The van der Waals surface area contributed by atoms with Crippen molar-refractivity contribution >= 4 is 5.91 Å². The second-order valence-corrected chi connectivity index (χ2v) is 5.45. The lowest BCUT2D eigenvalue weighted by Gasteiger charge is -2.37. The summed E-state index contributed by atoms with van der Waals surface area (Å²) in [5.74, 6) is -0.286. The Balaban J connectivity index is 1.40. The van der Waals surface area contributed by atoms with Crippen LogP contribution < -0.4 is 5.32 Å². The zero-order valence-electron chi connectivity index (χ0n) is 12.1. The summed E-state index contributed by atoms with van der Waals surface area (Å²) in [6, 6.07) is 3.88. The molecule has 2 fully saturated rings. The van der Waals surface area contributed by atoms with Crippen molar-refractivity contribution in [3.05, 3.63) is 30.1 Å². The Labute approximate surface area is 124 Å². The molecule has 2 aliphatic heterocycles. The zero-order chi connectivity index (χ0) is 14.5. The molecule has 0 atom stereocenters. The average molecular weight is 291 g/mol. The molecular weight excluding hydrogens is 270 g/mol. The number of carbonyl (C=O) groups excluding carboxylic acids is 1. The highest BCUT2D eigenvalue weighted by molar-refractivity contribution is 5.78. The van der Waals surface area contributed by atoms with Gasteiger partial charge in [0.25, 0.3) is 0 Å². The first-order valence-corrected chi connectivity index (χ1v) is 7.43. The minimum atomic E-state index is -0.417. The molecule has 0 unspecified atom stereocenters. The number of pyridine rings is 1. The van der Waals surface area contributed by atoms with Crippen molar-refractivity contribution in [1.82, 2.24) is 15.2 Å². The molecule has 6 heteroatoms. The van der Waals surface area contributed by atoms with Crippen LogP contribution in [0.4, 0.5) is 0 Å². The van der Waals surface area contributed by atoms with Gasteiger partial charge < -0.3 is 19.7 Å². The Kier molecular flexibility index (Phi) is 4.48. The molecule has 1 aromatic rings. The first kappa shape index (κ1) is 14.4. The number of hydrogen-bond acceptors (Lipinski definition) is 5. The van der Waals surface area contributed by atoms with Crippen LogP contribution in [0.3, 0.4) is 0 Å². The Morgan fingerprint density at radius 2 is 2.10 bits per heavy atom. The number of piperidine rings is 1. The molecule has 0 bridgehead atoms. The lowest BCUT2D eigenvalue weighted by molar-refractivity contribution is -0.187. The highest BCUT2D eigenvalue weighted by Crippen LogP contribution is 2.31. The fourth-order valence-electron chi connectivity index (χ4n) is 2.81. The standard InChI is InChI=1S/C15H21N3O3/c19-14(12-17-11-13-2-1-5-16-10-13)18-6-3-15(4-7-18)20-8-9-21-15/h1-2,5,10,17H,3-4,6-9,11-12H2. The first-order valence-electron chi connectivity index (χ1n) is 7.43. The predicted molar refractivity (Wildman–Crippen MR) is 76.4 cm³/mol. The zero-order valence-corrected chi connectivity index (χ0v) is 12.1. The molecule has 1 aromatic heterocycles. The second kappa shape index (κ2) is 6.51. The molecular formula is C15H21N3O3. The molecule has 2 aliphatic rings. The van der Waals surface area contributed by atoms with Crippen LogP contribution in [0.15, 0.2) is 24.5 Å². The minimum Gasteiger partial charge on any atom is -0.347 e. The number of ether oxygens (including phenoxy) is 2. The SMILES string of the molecule is O=C(CNCc1cccnc1)N1CCC2(CC1)OCCO2. The highest BCUT2D eigenvalue weighted by Gasteiger charge is 2.40. The van der Waals surface area contributed by atoms with E-state index < -0.39 is 5.79 Å². The summed E-state index contributed by atoms with van der Waals surface area (Å²) in [5, 5.41) is 3.17. The number of likely N-dealkylation sites (tertiary alicyclic amines) is 1. The number of aromatic nitrogens is 1. The number of nitrogens with zero attached hydrogens (tertiary/aromatic N) is 2. The summed E-state index contributed by atoms with van der Waals surface area (Å²) >= 11 is 0. The van der Waals surface area contributed by atoms with Crippen molar-refractivity contribution in [3.8, 4) is 0 Å². The van der Waals surface area contributed by atoms with Crippen molar-refractivity contribution in [2.75, 3.05) is 32.8 Å². The Hall–Kier alpha value is -1.50. The Morgan fingerprint density at radius 3 is 2.76 bits per heavy atom. The van der Waals surface area contributed by atoms with Crippen LogP contribution in [0.25, 0.3) is 0 Å². The van der Waals surface area contributed by atoms with Crippen molar-refractivity contribution in [3.63, 3.8) is 0 Å². The largest absolute Gasteiger partial charge is 0.347 e. The van der Waals surface area contributed by atoms with Gasteiger partial charge in [-0.15, -0.1) is 0 Å². The van der Waals surface area contributed by atoms with Gasteiger partial charge in [-0.1, -0.05) is 6.07 Å². The van der Waals surface area contributed by atoms with E-state index in [1.165, 1.54) is 0 Å². The Bertz CT molecular complexity index is 464. The number of carbonyl (C=O) groups is 1. The van der Waals surface area contributed by atoms with Gasteiger partial charge in [0.15, 0.2) is 5.79 Å². The highest BCUT2D eigenvalue weighted by atomic mass is 16.7. The molecule has 114 valence electrons. The van der Waals surface area contributed by atoms with E-state index in [2.05, 4.69) is 10.3 Å². The van der Waals surface area contributed by atoms with E-state index in [1.54, 1.807) is 12.4 Å². The van der Waals surface area contributed by atoms with Gasteiger partial charge in [0.2, 0.25) is 5.91 Å². The third-order valence-corrected chi connectivity index (χ3v) is 4.02. The summed E-state index contributed by atoms with van der Waals surface area (Å²) in [6.45, 7) is 3.75. The van der Waals surface area contributed by atoms with E-state index in [9.17, 15) is 4.79 Å². The third kappa shape index (κ3) is 3.58. The van der Waals surface area contributed by atoms with Crippen molar-refractivity contribution in [1.29, 1.82) is 0 Å². The molecule has 6 nitrogen and oxygen atoms in total. The average Bonchev–Trinajstić information content (AvgIpc) is 2.97. The topological polar surface area (TPSA) is 63.7 Å². The number of rotatable bonds is 4. The summed E-state index contributed by atoms with van der Waals surface area (Å²) in [7, 11) is 0. The van der Waals surface area contributed by atoms with Gasteiger partial charge >= 0.3 is 0 Å². The maximum Gasteiger partial charge on any atom is 0.236 e. The molecule has 3 heterocycles. The molecule has 2 saturated heterocycles. The molecule has 1 N–H and O–H groups in total.